The average Bonchev–Trinajstić information content (AvgIpc) is 3.02. The smallest absolute Gasteiger partial charge is 0.244 e. The molecule has 0 unspecified atom stereocenters. The lowest BCUT2D eigenvalue weighted by Crippen LogP contribution is -2.21. The molecule has 0 aliphatic carbocycles. The molecule has 1 aromatic carbocycles. The summed E-state index contributed by atoms with van der Waals surface area (Å²) in [4.78, 5) is 16.5. The summed E-state index contributed by atoms with van der Waals surface area (Å²) in [6.07, 6.45) is 5.03. The van der Waals surface area contributed by atoms with E-state index in [1.54, 1.807) is 25.6 Å². The molecule has 0 aliphatic heterocycles. The molecule has 5 nitrogen and oxygen atoms in total. The third-order valence-electron chi connectivity index (χ3n) is 4.38. The largest absolute Gasteiger partial charge is 0.496 e. The van der Waals surface area contributed by atoms with Gasteiger partial charge in [0.15, 0.2) is 0 Å². The zero-order valence-electron chi connectivity index (χ0n) is 15.4. The van der Waals surface area contributed by atoms with Gasteiger partial charge in [-0.3, -0.25) is 9.78 Å². The highest BCUT2D eigenvalue weighted by Crippen LogP contribution is 2.37. The van der Waals surface area contributed by atoms with E-state index in [0.29, 0.717) is 6.54 Å². The monoisotopic (exact) mass is 350 g/mol. The van der Waals surface area contributed by atoms with Crippen molar-refractivity contribution in [1.82, 2.24) is 10.3 Å². The predicted octanol–water partition coefficient (Wildman–Crippen LogP) is 4.17. The maximum Gasteiger partial charge on any atom is 0.244 e. The maximum atomic E-state index is 12.3. The Kier molecular flexibility index (Phi) is 5.07. The van der Waals surface area contributed by atoms with E-state index >= 15 is 0 Å². The summed E-state index contributed by atoms with van der Waals surface area (Å²) in [5, 5.41) is 3.89. The fourth-order valence-electron chi connectivity index (χ4n) is 3.00. The number of rotatable bonds is 5. The van der Waals surface area contributed by atoms with Crippen molar-refractivity contribution >= 4 is 22.4 Å². The number of carbonyl (C=O) groups is 1. The number of hydrogen-bond acceptors (Lipinski definition) is 4. The first-order valence-corrected chi connectivity index (χ1v) is 8.43. The summed E-state index contributed by atoms with van der Waals surface area (Å²) in [7, 11) is 1.63. The highest BCUT2D eigenvalue weighted by Gasteiger charge is 2.16. The SMILES string of the molecule is COc1c(/C(C)=C/C(=O)NCc2ccccn2)cc2c(C)coc2c1C. The van der Waals surface area contributed by atoms with Crippen LogP contribution in [0.3, 0.4) is 0 Å². The van der Waals surface area contributed by atoms with Gasteiger partial charge in [-0.15, -0.1) is 0 Å². The minimum absolute atomic E-state index is 0.170. The number of fused-ring (bicyclic) bond motifs is 1. The average molecular weight is 350 g/mol. The first kappa shape index (κ1) is 17.7. The van der Waals surface area contributed by atoms with E-state index in [2.05, 4.69) is 10.3 Å². The van der Waals surface area contributed by atoms with E-state index in [1.807, 2.05) is 45.0 Å². The Labute approximate surface area is 152 Å². The zero-order chi connectivity index (χ0) is 18.7. The van der Waals surface area contributed by atoms with Gasteiger partial charge in [0, 0.05) is 28.8 Å². The van der Waals surface area contributed by atoms with Gasteiger partial charge >= 0.3 is 0 Å². The van der Waals surface area contributed by atoms with Crippen molar-refractivity contribution < 1.29 is 13.9 Å². The van der Waals surface area contributed by atoms with Crippen LogP contribution >= 0.6 is 0 Å². The quantitative estimate of drug-likeness (QED) is 0.701. The van der Waals surface area contributed by atoms with Gasteiger partial charge in [0.05, 0.1) is 25.6 Å². The van der Waals surface area contributed by atoms with Crippen molar-refractivity contribution in [2.75, 3.05) is 7.11 Å². The summed E-state index contributed by atoms with van der Waals surface area (Å²) < 4.78 is 11.2. The van der Waals surface area contributed by atoms with Crippen LogP contribution in [0.25, 0.3) is 16.5 Å². The molecular formula is C21H22N2O3. The van der Waals surface area contributed by atoms with E-state index in [1.165, 1.54) is 0 Å². The van der Waals surface area contributed by atoms with Crippen molar-refractivity contribution in [1.29, 1.82) is 0 Å². The predicted molar refractivity (Wildman–Crippen MR) is 102 cm³/mol. The number of furan rings is 1. The second kappa shape index (κ2) is 7.44. The summed E-state index contributed by atoms with van der Waals surface area (Å²) >= 11 is 0. The first-order valence-electron chi connectivity index (χ1n) is 8.43. The number of hydrogen-bond donors (Lipinski definition) is 1. The first-order chi connectivity index (χ1) is 12.5. The molecule has 1 amide bonds. The molecular weight excluding hydrogens is 328 g/mol. The van der Waals surface area contributed by atoms with E-state index in [9.17, 15) is 4.79 Å². The Morgan fingerprint density at radius 3 is 2.85 bits per heavy atom. The Morgan fingerprint density at radius 1 is 1.35 bits per heavy atom. The highest BCUT2D eigenvalue weighted by molar-refractivity contribution is 5.98. The number of aromatic nitrogens is 1. The van der Waals surface area contributed by atoms with Crippen LogP contribution in [0.15, 0.2) is 47.2 Å². The second-order valence-corrected chi connectivity index (χ2v) is 6.24. The number of benzene rings is 1. The number of pyridine rings is 1. The molecule has 0 saturated carbocycles. The van der Waals surface area contributed by atoms with E-state index in [0.717, 1.165) is 44.7 Å². The normalized spacial score (nSPS) is 11.6. The lowest BCUT2D eigenvalue weighted by molar-refractivity contribution is -0.116. The fourth-order valence-corrected chi connectivity index (χ4v) is 3.00. The maximum absolute atomic E-state index is 12.3. The Morgan fingerprint density at radius 2 is 2.15 bits per heavy atom. The van der Waals surface area contributed by atoms with Crippen LogP contribution in [0.4, 0.5) is 0 Å². The molecule has 3 aromatic rings. The van der Waals surface area contributed by atoms with E-state index < -0.39 is 0 Å². The summed E-state index contributed by atoms with van der Waals surface area (Å²) in [6, 6.07) is 7.63. The standard InChI is InChI=1S/C21H22N2O3/c1-13(9-19(24)23-11-16-7-5-6-8-22-16)17-10-18-14(2)12-26-21(18)15(3)20(17)25-4/h5-10,12H,11H2,1-4H3,(H,23,24)/b13-9+. The van der Waals surface area contributed by atoms with E-state index in [4.69, 9.17) is 9.15 Å². The van der Waals surface area contributed by atoms with Crippen molar-refractivity contribution in [3.8, 4) is 5.75 Å². The van der Waals surface area contributed by atoms with Gasteiger partial charge in [-0.25, -0.2) is 0 Å². The number of ether oxygens (including phenoxy) is 1. The molecule has 0 fully saturated rings. The van der Waals surface area contributed by atoms with Crippen LogP contribution < -0.4 is 10.1 Å². The van der Waals surface area contributed by atoms with Gasteiger partial charge in [0.1, 0.15) is 11.3 Å². The molecule has 5 heteroatoms. The molecule has 26 heavy (non-hydrogen) atoms. The topological polar surface area (TPSA) is 64.4 Å². The van der Waals surface area contributed by atoms with Gasteiger partial charge in [-0.1, -0.05) is 6.07 Å². The van der Waals surface area contributed by atoms with Crippen molar-refractivity contribution in [3.05, 3.63) is 65.2 Å². The number of nitrogens with one attached hydrogen (secondary N) is 1. The number of allylic oxidation sites excluding steroid dienone is 1. The van der Waals surface area contributed by atoms with Gasteiger partial charge in [-0.05, 0) is 50.1 Å². The molecule has 0 aliphatic rings. The van der Waals surface area contributed by atoms with Crippen molar-refractivity contribution in [3.63, 3.8) is 0 Å². The highest BCUT2D eigenvalue weighted by atomic mass is 16.5. The van der Waals surface area contributed by atoms with Crippen LogP contribution in [0, 0.1) is 13.8 Å². The van der Waals surface area contributed by atoms with E-state index in [-0.39, 0.29) is 5.91 Å². The number of methoxy groups -OCH3 is 1. The lowest BCUT2D eigenvalue weighted by Gasteiger charge is -2.13. The minimum atomic E-state index is -0.170. The molecule has 0 bridgehead atoms. The van der Waals surface area contributed by atoms with Gasteiger partial charge in [-0.2, -0.15) is 0 Å². The molecule has 0 spiro atoms. The number of amides is 1. The zero-order valence-corrected chi connectivity index (χ0v) is 15.4. The van der Waals surface area contributed by atoms with Crippen LogP contribution in [-0.4, -0.2) is 18.0 Å². The molecule has 1 N–H and O–H groups in total. The molecule has 134 valence electrons. The third-order valence-corrected chi connectivity index (χ3v) is 4.38. The van der Waals surface area contributed by atoms with Gasteiger partial charge < -0.3 is 14.5 Å². The summed E-state index contributed by atoms with van der Waals surface area (Å²) in [6.45, 7) is 6.25. The molecule has 0 saturated heterocycles. The summed E-state index contributed by atoms with van der Waals surface area (Å²) in [5.74, 6) is 0.551. The molecule has 3 rings (SSSR count). The Hall–Kier alpha value is -3.08. The molecule has 0 atom stereocenters. The second-order valence-electron chi connectivity index (χ2n) is 6.24. The number of nitrogens with zero attached hydrogens (tertiary/aromatic N) is 1. The Balaban J connectivity index is 1.88. The molecule has 2 heterocycles. The van der Waals surface area contributed by atoms with Gasteiger partial charge in [0.25, 0.3) is 0 Å². The van der Waals surface area contributed by atoms with Crippen LogP contribution in [-0.2, 0) is 11.3 Å². The Bertz CT molecular complexity index is 972. The van der Waals surface area contributed by atoms with Crippen molar-refractivity contribution in [2.45, 2.75) is 27.3 Å². The van der Waals surface area contributed by atoms with Crippen LogP contribution in [0.1, 0.15) is 29.3 Å². The van der Waals surface area contributed by atoms with Crippen molar-refractivity contribution in [2.24, 2.45) is 0 Å². The fraction of sp³-hybridized carbons (Fsp3) is 0.238. The molecule has 2 aromatic heterocycles. The minimum Gasteiger partial charge on any atom is -0.496 e. The van der Waals surface area contributed by atoms with Gasteiger partial charge in [0.2, 0.25) is 5.91 Å². The molecule has 0 radical (unpaired) electrons. The van der Waals surface area contributed by atoms with Crippen LogP contribution in [0.5, 0.6) is 5.75 Å². The number of aryl methyl sites for hydroxylation is 2. The third kappa shape index (κ3) is 3.47. The van der Waals surface area contributed by atoms with Crippen LogP contribution in [0.2, 0.25) is 0 Å². The summed E-state index contributed by atoms with van der Waals surface area (Å²) in [5.41, 5.74) is 5.32. The number of carbonyl (C=O) groups excluding carboxylic acids is 1. The lowest BCUT2D eigenvalue weighted by atomic mass is 9.98.